The lowest BCUT2D eigenvalue weighted by atomic mass is 10.1. The van der Waals surface area contributed by atoms with Crippen molar-refractivity contribution in [2.45, 2.75) is 25.3 Å². The first-order chi connectivity index (χ1) is 15.8. The van der Waals surface area contributed by atoms with E-state index in [4.69, 9.17) is 32.9 Å². The number of sulfonamides is 1. The number of benzene rings is 2. The quantitative estimate of drug-likeness (QED) is 0.345. The maximum Gasteiger partial charge on any atom is 0.243 e. The monoisotopic (exact) mass is 605 g/mol. The number of aromatic nitrogens is 1. The summed E-state index contributed by atoms with van der Waals surface area (Å²) in [5.41, 5.74) is 2.51. The van der Waals surface area contributed by atoms with E-state index < -0.39 is 10.0 Å². The van der Waals surface area contributed by atoms with Gasteiger partial charge in [-0.15, -0.1) is 28.3 Å². The summed E-state index contributed by atoms with van der Waals surface area (Å²) < 4.78 is 34.8. The fourth-order valence-corrected chi connectivity index (χ4v) is 6.26. The minimum absolute atomic E-state index is 0. The summed E-state index contributed by atoms with van der Waals surface area (Å²) in [7, 11) is -3.53. The second-order valence-corrected chi connectivity index (χ2v) is 11.8. The van der Waals surface area contributed by atoms with Crippen LogP contribution in [0.15, 0.2) is 57.7 Å². The Morgan fingerprint density at radius 1 is 1.09 bits per heavy atom. The highest BCUT2D eigenvalue weighted by Crippen LogP contribution is 2.29. The summed E-state index contributed by atoms with van der Waals surface area (Å²) in [6, 6.07) is 12.2. The molecule has 3 aromatic rings. The van der Waals surface area contributed by atoms with E-state index in [0.717, 1.165) is 22.6 Å². The van der Waals surface area contributed by atoms with Gasteiger partial charge in [0, 0.05) is 30.0 Å². The van der Waals surface area contributed by atoms with E-state index in [1.54, 1.807) is 30.3 Å². The third kappa shape index (κ3) is 6.13. The predicted octanol–water partition coefficient (Wildman–Crippen LogP) is 6.01. The molecule has 11 heteroatoms. The number of halogens is 3. The lowest BCUT2D eigenvalue weighted by Crippen LogP contribution is -2.40. The van der Waals surface area contributed by atoms with Gasteiger partial charge in [-0.25, -0.2) is 13.4 Å². The minimum Gasteiger partial charge on any atom is -0.379 e. The Balaban J connectivity index is 0.00000324. The molecule has 0 unspecified atom stereocenters. The van der Waals surface area contributed by atoms with E-state index >= 15 is 0 Å². The van der Waals surface area contributed by atoms with Gasteiger partial charge in [-0.3, -0.25) is 0 Å². The van der Waals surface area contributed by atoms with E-state index in [9.17, 15) is 8.42 Å². The first kappa shape index (κ1) is 27.4. The molecule has 1 saturated heterocycles. The summed E-state index contributed by atoms with van der Waals surface area (Å²) in [6.07, 6.45) is 0. The first-order valence-corrected chi connectivity index (χ1v) is 13.7. The van der Waals surface area contributed by atoms with Crippen molar-refractivity contribution >= 4 is 67.2 Å². The van der Waals surface area contributed by atoms with Crippen molar-refractivity contribution in [1.29, 1.82) is 0 Å². The zero-order valence-corrected chi connectivity index (χ0v) is 23.6. The van der Waals surface area contributed by atoms with Crippen molar-refractivity contribution in [3.8, 4) is 11.3 Å². The lowest BCUT2D eigenvalue weighted by molar-refractivity contribution is 0.0730. The molecule has 2 aromatic carbocycles. The highest BCUT2D eigenvalue weighted by atomic mass is 79.9. The van der Waals surface area contributed by atoms with Gasteiger partial charge in [0.05, 0.1) is 34.5 Å². The molecule has 0 spiro atoms. The fourth-order valence-electron chi connectivity index (χ4n) is 3.60. The molecule has 184 valence electrons. The number of rotatable bonds is 6. The average Bonchev–Trinajstić information content (AvgIpc) is 3.18. The van der Waals surface area contributed by atoms with E-state index in [1.165, 1.54) is 15.6 Å². The summed E-state index contributed by atoms with van der Waals surface area (Å²) in [5.74, 6) is 0.383. The molecule has 1 aromatic heterocycles. The number of hydrogen-bond acceptors (Lipinski definition) is 5. The molecule has 1 aliphatic heterocycles. The summed E-state index contributed by atoms with van der Waals surface area (Å²) in [6.45, 7) is 6.63. The summed E-state index contributed by atoms with van der Waals surface area (Å²) in [4.78, 5) is 5.85. The van der Waals surface area contributed by atoms with Gasteiger partial charge in [-0.1, -0.05) is 49.2 Å². The molecule has 2 heterocycles. The van der Waals surface area contributed by atoms with Crippen LogP contribution in [-0.2, 0) is 21.3 Å². The van der Waals surface area contributed by atoms with Crippen LogP contribution in [0.4, 0.5) is 5.69 Å². The Hall–Kier alpha value is -1.20. The average molecular weight is 607 g/mol. The van der Waals surface area contributed by atoms with E-state index in [0.29, 0.717) is 48.0 Å². The van der Waals surface area contributed by atoms with E-state index in [2.05, 4.69) is 18.4 Å². The molecule has 1 aliphatic rings. The molecule has 0 atom stereocenters. The molecule has 6 nitrogen and oxygen atoms in total. The first-order valence-electron chi connectivity index (χ1n) is 10.6. The molecular weight excluding hydrogens is 581 g/mol. The Morgan fingerprint density at radius 2 is 1.76 bits per heavy atom. The Labute approximate surface area is 224 Å². The minimum atomic E-state index is -3.53. The standard InChI is InChI=1S/C23H25Cl2N3O3S2.BrH/c1-16(2)14-28-22(15-32-23(28)26-21-13-18(24)5-8-20(21)25)17-3-6-19(7-4-17)33(29,30)27-9-11-31-12-10-27;/h3-8,13,15-16H,9-12,14H2,1-2H3;1H. The summed E-state index contributed by atoms with van der Waals surface area (Å²) in [5, 5.41) is 3.14. The fraction of sp³-hybridized carbons (Fsp3) is 0.348. The maximum absolute atomic E-state index is 12.9. The Morgan fingerprint density at radius 3 is 2.41 bits per heavy atom. The van der Waals surface area contributed by atoms with Crippen LogP contribution in [0, 0.1) is 5.92 Å². The molecule has 0 radical (unpaired) electrons. The zero-order valence-electron chi connectivity index (χ0n) is 18.8. The molecule has 1 fully saturated rings. The van der Waals surface area contributed by atoms with Gasteiger partial charge in [0.2, 0.25) is 10.0 Å². The van der Waals surface area contributed by atoms with Gasteiger partial charge >= 0.3 is 0 Å². The van der Waals surface area contributed by atoms with Crippen LogP contribution in [-0.4, -0.2) is 43.6 Å². The Bertz CT molecular complexity index is 1300. The molecular formula is C23H26BrCl2N3O3S2. The van der Waals surface area contributed by atoms with Crippen LogP contribution < -0.4 is 4.80 Å². The number of hydrogen-bond donors (Lipinski definition) is 0. The van der Waals surface area contributed by atoms with Crippen molar-refractivity contribution in [3.63, 3.8) is 0 Å². The highest BCUT2D eigenvalue weighted by molar-refractivity contribution is 8.93. The van der Waals surface area contributed by atoms with Gasteiger partial charge in [0.25, 0.3) is 0 Å². The third-order valence-electron chi connectivity index (χ3n) is 5.23. The van der Waals surface area contributed by atoms with Gasteiger partial charge in [-0.05, 0) is 41.8 Å². The van der Waals surface area contributed by atoms with Crippen LogP contribution >= 0.6 is 51.5 Å². The number of ether oxygens (including phenoxy) is 1. The van der Waals surface area contributed by atoms with Crippen molar-refractivity contribution in [3.05, 3.63) is 62.7 Å². The van der Waals surface area contributed by atoms with E-state index in [-0.39, 0.29) is 21.9 Å². The van der Waals surface area contributed by atoms with Gasteiger partial charge in [-0.2, -0.15) is 4.31 Å². The van der Waals surface area contributed by atoms with Gasteiger partial charge in [0.15, 0.2) is 4.80 Å². The zero-order chi connectivity index (χ0) is 23.6. The number of nitrogens with zero attached hydrogens (tertiary/aromatic N) is 3. The second-order valence-electron chi connectivity index (χ2n) is 8.16. The second kappa shape index (κ2) is 11.7. The normalized spacial score (nSPS) is 15.5. The lowest BCUT2D eigenvalue weighted by Gasteiger charge is -2.26. The van der Waals surface area contributed by atoms with Crippen molar-refractivity contribution in [2.75, 3.05) is 26.3 Å². The maximum atomic E-state index is 12.9. The van der Waals surface area contributed by atoms with Crippen LogP contribution in [0.1, 0.15) is 13.8 Å². The molecule has 0 aliphatic carbocycles. The SMILES string of the molecule is Br.CC(C)Cn1c(-c2ccc(S(=O)(=O)N3CCOCC3)cc2)csc1=Nc1cc(Cl)ccc1Cl. The number of thiazole rings is 1. The van der Waals surface area contributed by atoms with Crippen LogP contribution in [0.25, 0.3) is 11.3 Å². The number of morpholine rings is 1. The third-order valence-corrected chi connectivity index (χ3v) is 8.56. The molecule has 4 rings (SSSR count). The largest absolute Gasteiger partial charge is 0.379 e. The topological polar surface area (TPSA) is 63.9 Å². The van der Waals surface area contributed by atoms with E-state index in [1.807, 2.05) is 17.5 Å². The molecule has 0 saturated carbocycles. The van der Waals surface area contributed by atoms with Crippen molar-refractivity contribution in [2.24, 2.45) is 10.9 Å². The molecule has 0 amide bonds. The van der Waals surface area contributed by atoms with Crippen LogP contribution in [0.5, 0.6) is 0 Å². The molecule has 34 heavy (non-hydrogen) atoms. The smallest absolute Gasteiger partial charge is 0.243 e. The predicted molar refractivity (Wildman–Crippen MR) is 144 cm³/mol. The van der Waals surface area contributed by atoms with Crippen LogP contribution in [0.2, 0.25) is 10.0 Å². The van der Waals surface area contributed by atoms with Crippen molar-refractivity contribution in [1.82, 2.24) is 8.87 Å². The van der Waals surface area contributed by atoms with Gasteiger partial charge in [0.1, 0.15) is 0 Å². The Kier molecular flexibility index (Phi) is 9.42. The van der Waals surface area contributed by atoms with Crippen molar-refractivity contribution < 1.29 is 13.2 Å². The summed E-state index contributed by atoms with van der Waals surface area (Å²) >= 11 is 14.0. The van der Waals surface area contributed by atoms with Crippen LogP contribution in [0.3, 0.4) is 0 Å². The molecule has 0 N–H and O–H groups in total. The highest BCUT2D eigenvalue weighted by Gasteiger charge is 2.26. The van der Waals surface area contributed by atoms with Gasteiger partial charge < -0.3 is 9.30 Å². The molecule has 0 bridgehead atoms.